The van der Waals surface area contributed by atoms with Crippen LogP contribution in [0.4, 0.5) is 28.2 Å². The molecular formula is C15H12ClF4N3O3. The van der Waals surface area contributed by atoms with Crippen molar-refractivity contribution in [1.82, 2.24) is 9.47 Å². The number of hydrogen-bond donors (Lipinski definition) is 0. The average molecular weight is 394 g/mol. The number of urea groups is 1. The lowest BCUT2D eigenvalue weighted by Gasteiger charge is -2.28. The molecule has 1 aromatic rings. The summed E-state index contributed by atoms with van der Waals surface area (Å²) in [5.41, 5.74) is -2.51. The van der Waals surface area contributed by atoms with Crippen LogP contribution in [0.5, 0.6) is 0 Å². The van der Waals surface area contributed by atoms with Crippen LogP contribution < -0.4 is 10.5 Å². The van der Waals surface area contributed by atoms with Gasteiger partial charge in [-0.1, -0.05) is 17.5 Å². The molecule has 140 valence electrons. The largest absolute Gasteiger partial charge is 0.431 e. The van der Waals surface area contributed by atoms with Gasteiger partial charge >= 0.3 is 12.2 Å². The predicted octanol–water partition coefficient (Wildman–Crippen LogP) is 2.41. The lowest BCUT2D eigenvalue weighted by Crippen LogP contribution is -2.44. The number of pyridine rings is 1. The van der Waals surface area contributed by atoms with E-state index < -0.39 is 46.7 Å². The Morgan fingerprint density at radius 2 is 2.00 bits per heavy atom. The fourth-order valence-corrected chi connectivity index (χ4v) is 2.25. The minimum atomic E-state index is -5.02. The van der Waals surface area contributed by atoms with E-state index in [2.05, 4.69) is 5.92 Å². The number of aromatic nitrogens is 1. The van der Waals surface area contributed by atoms with Crippen molar-refractivity contribution >= 4 is 29.7 Å². The normalized spacial score (nSPS) is 11.7. The van der Waals surface area contributed by atoms with Crippen LogP contribution in [-0.4, -0.2) is 42.1 Å². The van der Waals surface area contributed by atoms with Gasteiger partial charge in [0.1, 0.15) is 17.0 Å². The molecule has 0 N–H and O–H groups in total. The number of carbonyl (C=O) groups excluding carboxylic acids is 2. The van der Waals surface area contributed by atoms with Crippen molar-refractivity contribution in [3.63, 3.8) is 0 Å². The molecule has 0 bridgehead atoms. The van der Waals surface area contributed by atoms with E-state index in [0.29, 0.717) is 15.5 Å². The summed E-state index contributed by atoms with van der Waals surface area (Å²) in [4.78, 5) is 35.3. The Hall–Kier alpha value is -2.80. The maximum atomic E-state index is 14.3. The highest BCUT2D eigenvalue weighted by Crippen LogP contribution is 2.29. The maximum Gasteiger partial charge on any atom is 0.431 e. The van der Waals surface area contributed by atoms with Gasteiger partial charge < -0.3 is 0 Å². The van der Waals surface area contributed by atoms with Crippen molar-refractivity contribution < 1.29 is 27.2 Å². The van der Waals surface area contributed by atoms with Crippen molar-refractivity contribution in [3.05, 3.63) is 39.0 Å². The van der Waals surface area contributed by atoms with Crippen LogP contribution in [0.1, 0.15) is 0 Å². The number of alkyl halides is 3. The van der Waals surface area contributed by atoms with Crippen LogP contribution in [0.2, 0.25) is 5.02 Å². The molecule has 0 saturated carbocycles. The van der Waals surface area contributed by atoms with E-state index in [1.54, 1.807) is 0 Å². The molecular weight excluding hydrogens is 382 g/mol. The molecule has 26 heavy (non-hydrogen) atoms. The minimum absolute atomic E-state index is 0.0904. The van der Waals surface area contributed by atoms with Gasteiger partial charge in [0.25, 0.3) is 5.56 Å². The predicted molar refractivity (Wildman–Crippen MR) is 86.3 cm³/mol. The Labute approximate surface area is 150 Å². The summed E-state index contributed by atoms with van der Waals surface area (Å²) in [5.74, 6) is 0.229. The van der Waals surface area contributed by atoms with E-state index in [1.807, 2.05) is 0 Å². The summed E-state index contributed by atoms with van der Waals surface area (Å²) < 4.78 is 53.8. The number of aldehydes is 1. The molecule has 0 fully saturated rings. The minimum Gasteiger partial charge on any atom is -0.298 e. The molecule has 0 aromatic carbocycles. The van der Waals surface area contributed by atoms with Crippen molar-refractivity contribution in [2.24, 2.45) is 0 Å². The van der Waals surface area contributed by atoms with E-state index >= 15 is 0 Å². The Balaban J connectivity index is 3.47. The van der Waals surface area contributed by atoms with Crippen molar-refractivity contribution in [3.8, 4) is 12.3 Å². The number of rotatable bonds is 4. The summed E-state index contributed by atoms with van der Waals surface area (Å²) in [7, 11) is 1.67. The van der Waals surface area contributed by atoms with Gasteiger partial charge in [0, 0.05) is 26.2 Å². The molecule has 1 heterocycles. The summed E-state index contributed by atoms with van der Waals surface area (Å²) >= 11 is 5.57. The number of carbonyl (C=O) groups is 2. The average Bonchev–Trinajstić information content (AvgIpc) is 2.54. The third-order valence-corrected chi connectivity index (χ3v) is 3.46. The molecule has 0 aliphatic carbocycles. The van der Waals surface area contributed by atoms with Gasteiger partial charge in [-0.15, -0.1) is 6.42 Å². The Morgan fingerprint density at radius 3 is 2.46 bits per heavy atom. The zero-order chi connectivity index (χ0) is 20.2. The molecule has 2 amide bonds. The molecule has 0 atom stereocenters. The van der Waals surface area contributed by atoms with E-state index in [4.69, 9.17) is 18.0 Å². The quantitative estimate of drug-likeness (QED) is 0.341. The third kappa shape index (κ3) is 4.23. The second-order valence-electron chi connectivity index (χ2n) is 4.85. The highest BCUT2D eigenvalue weighted by molar-refractivity contribution is 6.30. The summed E-state index contributed by atoms with van der Waals surface area (Å²) in [5, 5.41) is -0.521. The second-order valence-corrected chi connectivity index (χ2v) is 5.25. The van der Waals surface area contributed by atoms with Crippen LogP contribution in [0.15, 0.2) is 22.6 Å². The van der Waals surface area contributed by atoms with Gasteiger partial charge in [-0.2, -0.15) is 13.2 Å². The van der Waals surface area contributed by atoms with E-state index in [1.165, 1.54) is 0 Å². The molecule has 0 aliphatic rings. The van der Waals surface area contributed by atoms with Crippen LogP contribution in [0, 0.1) is 18.2 Å². The number of allylic oxidation sites excluding steroid dienone is 2. The topological polar surface area (TPSA) is 62.6 Å². The first-order valence-electron chi connectivity index (χ1n) is 6.73. The molecule has 1 aromatic heterocycles. The second kappa shape index (κ2) is 8.05. The molecule has 0 unspecified atom stereocenters. The highest BCUT2D eigenvalue weighted by Gasteiger charge is 2.39. The van der Waals surface area contributed by atoms with Gasteiger partial charge in [0.05, 0.1) is 6.54 Å². The van der Waals surface area contributed by atoms with Gasteiger partial charge in [-0.05, 0) is 0 Å². The van der Waals surface area contributed by atoms with Crippen LogP contribution in [-0.2, 0) is 11.3 Å². The smallest absolute Gasteiger partial charge is 0.298 e. The number of anilines is 1. The molecule has 1 rings (SSSR count). The van der Waals surface area contributed by atoms with Crippen LogP contribution >= 0.6 is 11.6 Å². The van der Waals surface area contributed by atoms with Crippen molar-refractivity contribution in [2.75, 3.05) is 19.0 Å². The number of halogens is 5. The third-order valence-electron chi connectivity index (χ3n) is 3.19. The monoisotopic (exact) mass is 393 g/mol. The Bertz CT molecular complexity index is 855. The van der Waals surface area contributed by atoms with Gasteiger partial charge in [-0.3, -0.25) is 24.0 Å². The molecule has 0 saturated heterocycles. The lowest BCUT2D eigenvalue weighted by molar-refractivity contribution is -0.111. The highest BCUT2D eigenvalue weighted by atomic mass is 35.5. The van der Waals surface area contributed by atoms with Gasteiger partial charge in [-0.25, -0.2) is 9.18 Å². The standard InChI is InChI=1S/C15H12ClF4N3O3/c1-4-6-23-12(10(17)8-9(16)13(23)25)22(3)14(26)21(2)11(5-7-24)15(18,19)20/h1,5,7-8H,6H2,2-3H3/b11-5-. The lowest BCUT2D eigenvalue weighted by atomic mass is 10.3. The first-order valence-corrected chi connectivity index (χ1v) is 7.11. The fraction of sp³-hybridized carbons (Fsp3) is 0.267. The zero-order valence-electron chi connectivity index (χ0n) is 13.5. The number of hydrogen-bond acceptors (Lipinski definition) is 3. The van der Waals surface area contributed by atoms with Crippen molar-refractivity contribution in [2.45, 2.75) is 12.7 Å². The zero-order valence-corrected chi connectivity index (χ0v) is 14.2. The van der Waals surface area contributed by atoms with E-state index in [-0.39, 0.29) is 17.3 Å². The number of terminal acetylenes is 1. The van der Waals surface area contributed by atoms with Crippen molar-refractivity contribution in [1.29, 1.82) is 0 Å². The maximum absolute atomic E-state index is 14.3. The molecule has 0 spiro atoms. The summed E-state index contributed by atoms with van der Waals surface area (Å²) in [6.45, 7) is -0.483. The number of nitrogens with zero attached hydrogens (tertiary/aromatic N) is 3. The summed E-state index contributed by atoms with van der Waals surface area (Å²) in [6, 6.07) is -0.760. The Morgan fingerprint density at radius 1 is 1.42 bits per heavy atom. The number of amides is 2. The Kier molecular flexibility index (Phi) is 6.58. The first-order chi connectivity index (χ1) is 12.0. The van der Waals surface area contributed by atoms with Gasteiger partial charge in [0.2, 0.25) is 0 Å². The SMILES string of the molecule is C#CCn1c(N(C)C(=O)N(C)/C(=C\C=O)C(F)(F)F)c(F)cc(Cl)c1=O. The fourth-order valence-electron chi connectivity index (χ4n) is 2.05. The van der Waals surface area contributed by atoms with E-state index in [0.717, 1.165) is 14.1 Å². The molecule has 6 nitrogen and oxygen atoms in total. The summed E-state index contributed by atoms with van der Waals surface area (Å²) in [6.07, 6.45) is 0.0572. The van der Waals surface area contributed by atoms with Crippen LogP contribution in [0.3, 0.4) is 0 Å². The molecule has 11 heteroatoms. The first kappa shape index (κ1) is 21.2. The molecule has 0 aliphatic heterocycles. The molecule has 0 radical (unpaired) electrons. The van der Waals surface area contributed by atoms with Crippen LogP contribution in [0.25, 0.3) is 0 Å². The van der Waals surface area contributed by atoms with Gasteiger partial charge in [0.15, 0.2) is 11.6 Å². The van der Waals surface area contributed by atoms with E-state index in [9.17, 15) is 31.9 Å².